The van der Waals surface area contributed by atoms with Crippen LogP contribution in [-0.4, -0.2) is 6.54 Å². The summed E-state index contributed by atoms with van der Waals surface area (Å²) in [5.74, 6) is 0.921. The summed E-state index contributed by atoms with van der Waals surface area (Å²) < 4.78 is 1.16. The van der Waals surface area contributed by atoms with Crippen molar-refractivity contribution in [3.63, 3.8) is 0 Å². The van der Waals surface area contributed by atoms with E-state index in [9.17, 15) is 0 Å². The number of halogens is 1. The Morgan fingerprint density at radius 1 is 1.06 bits per heavy atom. The molecule has 0 bridgehead atoms. The Morgan fingerprint density at radius 3 is 2.44 bits per heavy atom. The van der Waals surface area contributed by atoms with Crippen molar-refractivity contribution in [1.82, 2.24) is 5.32 Å². The molecule has 2 heteroatoms. The number of nitrogens with one attached hydrogen (secondary N) is 1. The predicted molar refractivity (Wildman–Crippen MR) is 72.4 cm³/mol. The zero-order valence-corrected chi connectivity index (χ0v) is 11.3. The molecule has 88 valence electrons. The molecule has 1 fully saturated rings. The van der Waals surface area contributed by atoms with Crippen molar-refractivity contribution in [2.45, 2.75) is 38.6 Å². The number of hydrogen-bond acceptors (Lipinski definition) is 1. The van der Waals surface area contributed by atoms with Crippen molar-refractivity contribution < 1.29 is 0 Å². The lowest BCUT2D eigenvalue weighted by atomic mass is 9.89. The van der Waals surface area contributed by atoms with Gasteiger partial charge in [0.05, 0.1) is 0 Å². The van der Waals surface area contributed by atoms with E-state index in [1.54, 1.807) is 0 Å². The van der Waals surface area contributed by atoms with Crippen LogP contribution in [-0.2, 0) is 6.54 Å². The largest absolute Gasteiger partial charge is 0.312 e. The highest BCUT2D eigenvalue weighted by Crippen LogP contribution is 2.22. The summed E-state index contributed by atoms with van der Waals surface area (Å²) in [6.07, 6.45) is 7.17. The minimum atomic E-state index is 0.921. The van der Waals surface area contributed by atoms with E-state index in [4.69, 9.17) is 0 Å². The molecular formula is C14H20BrN. The second kappa shape index (κ2) is 6.41. The van der Waals surface area contributed by atoms with E-state index in [1.807, 2.05) is 0 Å². The SMILES string of the molecule is Brc1ccc(CNCC2CCCCC2)cc1. The highest BCUT2D eigenvalue weighted by atomic mass is 79.9. The van der Waals surface area contributed by atoms with Crippen molar-refractivity contribution in [2.75, 3.05) is 6.54 Å². The molecule has 0 spiro atoms. The molecule has 0 heterocycles. The van der Waals surface area contributed by atoms with E-state index in [-0.39, 0.29) is 0 Å². The first-order chi connectivity index (χ1) is 7.84. The summed E-state index contributed by atoms with van der Waals surface area (Å²) in [5.41, 5.74) is 1.37. The van der Waals surface area contributed by atoms with Gasteiger partial charge in [-0.2, -0.15) is 0 Å². The van der Waals surface area contributed by atoms with E-state index in [1.165, 1.54) is 44.2 Å². The smallest absolute Gasteiger partial charge is 0.0205 e. The molecule has 0 unspecified atom stereocenters. The molecule has 0 aliphatic heterocycles. The fraction of sp³-hybridized carbons (Fsp3) is 0.571. The first-order valence-corrected chi connectivity index (χ1v) is 7.09. The molecule has 1 aliphatic rings. The van der Waals surface area contributed by atoms with Crippen LogP contribution in [0.5, 0.6) is 0 Å². The van der Waals surface area contributed by atoms with Gasteiger partial charge >= 0.3 is 0 Å². The summed E-state index contributed by atoms with van der Waals surface area (Å²) in [6, 6.07) is 8.57. The fourth-order valence-electron chi connectivity index (χ4n) is 2.41. The van der Waals surface area contributed by atoms with E-state index >= 15 is 0 Å². The van der Waals surface area contributed by atoms with Crippen LogP contribution in [0.25, 0.3) is 0 Å². The van der Waals surface area contributed by atoms with Gasteiger partial charge in [-0.1, -0.05) is 47.3 Å². The predicted octanol–water partition coefficient (Wildman–Crippen LogP) is 4.12. The Kier molecular flexibility index (Phi) is 4.86. The average molecular weight is 282 g/mol. The van der Waals surface area contributed by atoms with Gasteiger partial charge in [-0.05, 0) is 43.0 Å². The Labute approximate surface area is 107 Å². The molecule has 1 N–H and O–H groups in total. The lowest BCUT2D eigenvalue weighted by molar-refractivity contribution is 0.342. The van der Waals surface area contributed by atoms with Crippen LogP contribution in [0.2, 0.25) is 0 Å². The van der Waals surface area contributed by atoms with Crippen molar-refractivity contribution in [1.29, 1.82) is 0 Å². The van der Waals surface area contributed by atoms with Crippen molar-refractivity contribution in [3.05, 3.63) is 34.3 Å². The van der Waals surface area contributed by atoms with Crippen LogP contribution >= 0.6 is 15.9 Å². The summed E-state index contributed by atoms with van der Waals surface area (Å²) in [6.45, 7) is 2.19. The monoisotopic (exact) mass is 281 g/mol. The molecule has 0 saturated heterocycles. The number of benzene rings is 1. The van der Waals surface area contributed by atoms with E-state index in [2.05, 4.69) is 45.5 Å². The zero-order valence-electron chi connectivity index (χ0n) is 9.71. The Balaban J connectivity index is 1.69. The van der Waals surface area contributed by atoms with Crippen molar-refractivity contribution in [3.8, 4) is 0 Å². The third kappa shape index (κ3) is 3.91. The maximum absolute atomic E-state index is 3.58. The fourth-order valence-corrected chi connectivity index (χ4v) is 2.68. The maximum atomic E-state index is 3.58. The highest BCUT2D eigenvalue weighted by molar-refractivity contribution is 9.10. The molecule has 0 atom stereocenters. The molecule has 1 aromatic rings. The molecule has 0 radical (unpaired) electrons. The highest BCUT2D eigenvalue weighted by Gasteiger charge is 2.12. The van der Waals surface area contributed by atoms with E-state index < -0.39 is 0 Å². The summed E-state index contributed by atoms with van der Waals surface area (Å²) in [5, 5.41) is 3.58. The molecule has 2 rings (SSSR count). The molecular weight excluding hydrogens is 262 g/mol. The van der Waals surface area contributed by atoms with Crippen LogP contribution in [0.3, 0.4) is 0 Å². The lowest BCUT2D eigenvalue weighted by Gasteiger charge is -2.21. The molecule has 1 saturated carbocycles. The summed E-state index contributed by atoms with van der Waals surface area (Å²) in [7, 11) is 0. The van der Waals surface area contributed by atoms with E-state index in [0.29, 0.717) is 0 Å². The third-order valence-corrected chi connectivity index (χ3v) is 3.93. The van der Waals surface area contributed by atoms with Gasteiger partial charge < -0.3 is 5.32 Å². The van der Waals surface area contributed by atoms with Gasteiger partial charge in [0, 0.05) is 11.0 Å². The Hall–Kier alpha value is -0.340. The molecule has 1 nitrogen and oxygen atoms in total. The lowest BCUT2D eigenvalue weighted by Crippen LogP contribution is -2.24. The maximum Gasteiger partial charge on any atom is 0.0205 e. The van der Waals surface area contributed by atoms with Gasteiger partial charge in [0.2, 0.25) is 0 Å². The standard InChI is InChI=1S/C14H20BrN/c15-14-8-6-13(7-9-14)11-16-10-12-4-2-1-3-5-12/h6-9,12,16H,1-5,10-11H2. The molecule has 1 aromatic carbocycles. The normalized spacial score (nSPS) is 17.6. The Bertz CT molecular complexity index is 301. The van der Waals surface area contributed by atoms with E-state index in [0.717, 1.165) is 16.9 Å². The van der Waals surface area contributed by atoms with Gasteiger partial charge in [0.25, 0.3) is 0 Å². The first kappa shape index (κ1) is 12.1. The van der Waals surface area contributed by atoms with Crippen LogP contribution in [0, 0.1) is 5.92 Å². The van der Waals surface area contributed by atoms with Gasteiger partial charge in [0.1, 0.15) is 0 Å². The first-order valence-electron chi connectivity index (χ1n) is 6.30. The third-order valence-electron chi connectivity index (χ3n) is 3.40. The van der Waals surface area contributed by atoms with Gasteiger partial charge in [-0.15, -0.1) is 0 Å². The van der Waals surface area contributed by atoms with Crippen molar-refractivity contribution in [2.24, 2.45) is 5.92 Å². The minimum Gasteiger partial charge on any atom is -0.312 e. The summed E-state index contributed by atoms with van der Waals surface area (Å²) >= 11 is 3.46. The van der Waals surface area contributed by atoms with Crippen LogP contribution in [0.1, 0.15) is 37.7 Å². The topological polar surface area (TPSA) is 12.0 Å². The molecule has 0 amide bonds. The minimum absolute atomic E-state index is 0.921. The molecule has 0 aromatic heterocycles. The quantitative estimate of drug-likeness (QED) is 0.876. The van der Waals surface area contributed by atoms with Crippen LogP contribution in [0.4, 0.5) is 0 Å². The summed E-state index contributed by atoms with van der Waals surface area (Å²) in [4.78, 5) is 0. The average Bonchev–Trinajstić information content (AvgIpc) is 2.33. The molecule has 16 heavy (non-hydrogen) atoms. The zero-order chi connectivity index (χ0) is 11.2. The second-order valence-electron chi connectivity index (χ2n) is 4.76. The van der Waals surface area contributed by atoms with Crippen LogP contribution < -0.4 is 5.32 Å². The Morgan fingerprint density at radius 2 is 1.75 bits per heavy atom. The number of rotatable bonds is 4. The molecule has 1 aliphatic carbocycles. The number of hydrogen-bond donors (Lipinski definition) is 1. The van der Waals surface area contributed by atoms with Gasteiger partial charge in [-0.25, -0.2) is 0 Å². The van der Waals surface area contributed by atoms with Gasteiger partial charge in [0.15, 0.2) is 0 Å². The van der Waals surface area contributed by atoms with Gasteiger partial charge in [-0.3, -0.25) is 0 Å². The van der Waals surface area contributed by atoms with Crippen molar-refractivity contribution >= 4 is 15.9 Å². The van der Waals surface area contributed by atoms with Crippen LogP contribution in [0.15, 0.2) is 28.7 Å². The second-order valence-corrected chi connectivity index (χ2v) is 5.68.